The van der Waals surface area contributed by atoms with Crippen molar-refractivity contribution in [1.29, 1.82) is 0 Å². The summed E-state index contributed by atoms with van der Waals surface area (Å²) in [6.45, 7) is 3.82. The largest absolute Gasteiger partial charge is 0.494 e. The number of rotatable bonds is 4. The SMILES string of the molecule is COc1cccc2sc(NC(=O)C(N)C(C)C)nc12. The summed E-state index contributed by atoms with van der Waals surface area (Å²) in [7, 11) is 1.60. The van der Waals surface area contributed by atoms with Gasteiger partial charge < -0.3 is 15.8 Å². The lowest BCUT2D eigenvalue weighted by Crippen LogP contribution is -2.39. The van der Waals surface area contributed by atoms with Gasteiger partial charge in [0, 0.05) is 0 Å². The summed E-state index contributed by atoms with van der Waals surface area (Å²) < 4.78 is 6.20. The van der Waals surface area contributed by atoms with Crippen LogP contribution in [0.3, 0.4) is 0 Å². The van der Waals surface area contributed by atoms with Gasteiger partial charge in [0.1, 0.15) is 11.3 Å². The fourth-order valence-electron chi connectivity index (χ4n) is 1.63. The van der Waals surface area contributed by atoms with E-state index < -0.39 is 6.04 Å². The fourth-order valence-corrected chi connectivity index (χ4v) is 2.52. The third kappa shape index (κ3) is 2.85. The highest BCUT2D eigenvalue weighted by Crippen LogP contribution is 2.32. The summed E-state index contributed by atoms with van der Waals surface area (Å²) in [5.74, 6) is 0.569. The molecule has 0 radical (unpaired) electrons. The van der Waals surface area contributed by atoms with Crippen LogP contribution in [0.15, 0.2) is 18.2 Å². The zero-order valence-corrected chi connectivity index (χ0v) is 12.0. The zero-order valence-electron chi connectivity index (χ0n) is 11.1. The number of fused-ring (bicyclic) bond motifs is 1. The lowest BCUT2D eigenvalue weighted by atomic mass is 10.1. The van der Waals surface area contributed by atoms with Crippen LogP contribution in [-0.4, -0.2) is 24.0 Å². The molecule has 2 rings (SSSR count). The lowest BCUT2D eigenvalue weighted by Gasteiger charge is -2.13. The highest BCUT2D eigenvalue weighted by Gasteiger charge is 2.19. The maximum Gasteiger partial charge on any atom is 0.243 e. The minimum Gasteiger partial charge on any atom is -0.494 e. The molecule has 1 amide bonds. The molecule has 1 aromatic carbocycles. The Kier molecular flexibility index (Phi) is 4.01. The molecular weight excluding hydrogens is 262 g/mol. The lowest BCUT2D eigenvalue weighted by molar-refractivity contribution is -0.118. The number of methoxy groups -OCH3 is 1. The van der Waals surface area contributed by atoms with E-state index in [-0.39, 0.29) is 11.8 Å². The van der Waals surface area contributed by atoms with Crippen molar-refractivity contribution < 1.29 is 9.53 Å². The van der Waals surface area contributed by atoms with Gasteiger partial charge in [-0.3, -0.25) is 4.79 Å². The number of nitrogens with one attached hydrogen (secondary N) is 1. The molecule has 0 spiro atoms. The monoisotopic (exact) mass is 279 g/mol. The summed E-state index contributed by atoms with van der Waals surface area (Å²) in [5, 5.41) is 3.29. The van der Waals surface area contributed by atoms with Crippen LogP contribution in [0.25, 0.3) is 10.2 Å². The molecule has 2 aromatic rings. The third-order valence-electron chi connectivity index (χ3n) is 2.85. The van der Waals surface area contributed by atoms with Gasteiger partial charge >= 0.3 is 0 Å². The summed E-state index contributed by atoms with van der Waals surface area (Å²) in [6, 6.07) is 5.14. The van der Waals surface area contributed by atoms with Crippen molar-refractivity contribution in [1.82, 2.24) is 4.98 Å². The number of anilines is 1. The van der Waals surface area contributed by atoms with Gasteiger partial charge in [-0.05, 0) is 18.1 Å². The molecule has 0 aliphatic heterocycles. The summed E-state index contributed by atoms with van der Waals surface area (Å²) in [4.78, 5) is 16.3. The van der Waals surface area contributed by atoms with Crippen molar-refractivity contribution >= 4 is 32.6 Å². The van der Waals surface area contributed by atoms with Gasteiger partial charge in [-0.25, -0.2) is 4.98 Å². The molecule has 102 valence electrons. The number of carbonyl (C=O) groups excluding carboxylic acids is 1. The number of aromatic nitrogens is 1. The van der Waals surface area contributed by atoms with E-state index in [1.165, 1.54) is 11.3 Å². The van der Waals surface area contributed by atoms with Crippen LogP contribution in [0.5, 0.6) is 5.75 Å². The zero-order chi connectivity index (χ0) is 14.0. The van der Waals surface area contributed by atoms with Gasteiger partial charge in [-0.2, -0.15) is 0 Å². The molecule has 1 aromatic heterocycles. The Hall–Kier alpha value is -1.66. The molecule has 1 heterocycles. The Labute approximate surface area is 115 Å². The minimum absolute atomic E-state index is 0.0870. The first-order valence-electron chi connectivity index (χ1n) is 6.03. The molecule has 0 bridgehead atoms. The highest BCUT2D eigenvalue weighted by molar-refractivity contribution is 7.22. The number of para-hydroxylation sites is 1. The van der Waals surface area contributed by atoms with Crippen LogP contribution in [0.2, 0.25) is 0 Å². The van der Waals surface area contributed by atoms with Crippen LogP contribution in [0.4, 0.5) is 5.13 Å². The number of ether oxygens (including phenoxy) is 1. The van der Waals surface area contributed by atoms with Crippen LogP contribution < -0.4 is 15.8 Å². The van der Waals surface area contributed by atoms with E-state index in [0.717, 1.165) is 10.2 Å². The Morgan fingerprint density at radius 2 is 2.21 bits per heavy atom. The number of benzene rings is 1. The molecule has 1 atom stereocenters. The molecule has 6 heteroatoms. The summed E-state index contributed by atoms with van der Waals surface area (Å²) in [5.41, 5.74) is 6.55. The van der Waals surface area contributed by atoms with Crippen LogP contribution in [0.1, 0.15) is 13.8 Å². The molecule has 0 aliphatic rings. The maximum absolute atomic E-state index is 11.9. The number of hydrogen-bond donors (Lipinski definition) is 2. The van der Waals surface area contributed by atoms with Gasteiger partial charge in [-0.15, -0.1) is 0 Å². The second-order valence-corrected chi connectivity index (χ2v) is 5.62. The van der Waals surface area contributed by atoms with Crippen molar-refractivity contribution in [2.75, 3.05) is 12.4 Å². The first-order chi connectivity index (χ1) is 9.02. The number of nitrogens with two attached hydrogens (primary N) is 1. The Morgan fingerprint density at radius 3 is 2.84 bits per heavy atom. The predicted molar refractivity (Wildman–Crippen MR) is 77.6 cm³/mol. The standard InChI is InChI=1S/C13H17N3O2S/c1-7(2)10(14)12(17)16-13-15-11-8(18-3)5-4-6-9(11)19-13/h4-7,10H,14H2,1-3H3,(H,15,16,17). The number of hydrogen-bond acceptors (Lipinski definition) is 5. The van der Waals surface area contributed by atoms with E-state index in [4.69, 9.17) is 10.5 Å². The molecule has 0 fully saturated rings. The van der Waals surface area contributed by atoms with Gasteiger partial charge in [0.05, 0.1) is 17.9 Å². The fraction of sp³-hybridized carbons (Fsp3) is 0.385. The Bertz CT molecular complexity index is 595. The minimum atomic E-state index is -0.533. The van der Waals surface area contributed by atoms with Crippen molar-refractivity contribution in [3.05, 3.63) is 18.2 Å². The average Bonchev–Trinajstić information content (AvgIpc) is 2.79. The number of carbonyl (C=O) groups is 1. The molecule has 0 saturated heterocycles. The normalized spacial score (nSPS) is 12.7. The second kappa shape index (κ2) is 5.54. The van der Waals surface area contributed by atoms with Gasteiger partial charge in [0.2, 0.25) is 5.91 Å². The predicted octanol–water partition coefficient (Wildman–Crippen LogP) is 2.23. The van der Waals surface area contributed by atoms with E-state index in [9.17, 15) is 4.79 Å². The highest BCUT2D eigenvalue weighted by atomic mass is 32.1. The van der Waals surface area contributed by atoms with Gasteiger partial charge in [0.15, 0.2) is 5.13 Å². The first kappa shape index (κ1) is 13.8. The third-order valence-corrected chi connectivity index (χ3v) is 3.79. The Morgan fingerprint density at radius 1 is 1.47 bits per heavy atom. The summed E-state index contributed by atoms with van der Waals surface area (Å²) in [6.07, 6.45) is 0. The van der Waals surface area contributed by atoms with E-state index in [1.807, 2.05) is 32.0 Å². The second-order valence-electron chi connectivity index (χ2n) is 4.59. The van der Waals surface area contributed by atoms with Gasteiger partial charge in [0.25, 0.3) is 0 Å². The van der Waals surface area contributed by atoms with E-state index in [1.54, 1.807) is 7.11 Å². The van der Waals surface area contributed by atoms with Gasteiger partial charge in [-0.1, -0.05) is 31.3 Å². The number of thiazole rings is 1. The quantitative estimate of drug-likeness (QED) is 0.899. The van der Waals surface area contributed by atoms with Crippen molar-refractivity contribution in [3.63, 3.8) is 0 Å². The van der Waals surface area contributed by atoms with Crippen molar-refractivity contribution in [3.8, 4) is 5.75 Å². The topological polar surface area (TPSA) is 77.2 Å². The molecule has 3 N–H and O–H groups in total. The molecule has 1 unspecified atom stereocenters. The van der Waals surface area contributed by atoms with E-state index in [2.05, 4.69) is 10.3 Å². The molecule has 0 saturated carbocycles. The van der Waals surface area contributed by atoms with Crippen LogP contribution in [-0.2, 0) is 4.79 Å². The maximum atomic E-state index is 11.9. The number of amides is 1. The van der Waals surface area contributed by atoms with Crippen LogP contribution >= 0.6 is 11.3 Å². The molecule has 0 aliphatic carbocycles. The first-order valence-corrected chi connectivity index (χ1v) is 6.84. The van der Waals surface area contributed by atoms with E-state index >= 15 is 0 Å². The molecule has 5 nitrogen and oxygen atoms in total. The smallest absolute Gasteiger partial charge is 0.243 e. The number of nitrogens with zero attached hydrogens (tertiary/aromatic N) is 1. The average molecular weight is 279 g/mol. The Balaban J connectivity index is 2.25. The van der Waals surface area contributed by atoms with Crippen LogP contribution in [0, 0.1) is 5.92 Å². The van der Waals surface area contributed by atoms with E-state index in [0.29, 0.717) is 10.9 Å². The molecule has 19 heavy (non-hydrogen) atoms. The molecular formula is C13H17N3O2S. The van der Waals surface area contributed by atoms with Crippen molar-refractivity contribution in [2.45, 2.75) is 19.9 Å². The van der Waals surface area contributed by atoms with Crippen molar-refractivity contribution in [2.24, 2.45) is 11.7 Å². The summed E-state index contributed by atoms with van der Waals surface area (Å²) >= 11 is 1.41.